The molecule has 0 saturated carbocycles. The van der Waals surface area contributed by atoms with Crippen molar-refractivity contribution in [1.82, 2.24) is 0 Å². The van der Waals surface area contributed by atoms with Gasteiger partial charge in [-0.3, -0.25) is 0 Å². The van der Waals surface area contributed by atoms with Crippen LogP contribution in [0.15, 0.2) is 0 Å². The molecule has 2 nitrogen and oxygen atoms in total. The first-order valence-electron chi connectivity index (χ1n) is 0.535. The third kappa shape index (κ3) is 68.0. The summed E-state index contributed by atoms with van der Waals surface area (Å²) >= 11 is -3.08. The van der Waals surface area contributed by atoms with E-state index in [9.17, 15) is 4.94 Å². The number of rotatable bonds is 0. The van der Waals surface area contributed by atoms with Crippen LogP contribution in [0.1, 0.15) is 0 Å². The molecule has 0 aromatic carbocycles. The van der Waals surface area contributed by atoms with E-state index in [2.05, 4.69) is 0 Å². The summed E-state index contributed by atoms with van der Waals surface area (Å²) in [4.78, 5) is 0. The number of hydrogen-bond acceptors (Lipinski definition) is 0. The maximum atomic E-state index is 9.85. The van der Waals surface area contributed by atoms with Gasteiger partial charge in [-0.25, -0.2) is 0 Å². The Kier molecular flexibility index (Phi) is 76.3. The molecule has 0 amide bonds. The van der Waals surface area contributed by atoms with E-state index in [0.29, 0.717) is 0 Å². The van der Waals surface area contributed by atoms with E-state index in [-0.39, 0.29) is 11.0 Å². The number of hydrogen-bond donors (Lipinski definition) is 0. The Labute approximate surface area is 42.1 Å². The minimum absolute atomic E-state index is 0. The Morgan fingerprint density at radius 2 is 1.00 bits per heavy atom. The van der Waals surface area contributed by atoms with Gasteiger partial charge in [-0.05, 0) is 0 Å². The predicted molar refractivity (Wildman–Crippen MR) is 9.44 cm³/mol. The molecule has 0 heterocycles. The van der Waals surface area contributed by atoms with Crippen LogP contribution in [0.2, 0.25) is 0 Å². The third-order valence-corrected chi connectivity index (χ3v) is 0. The molecule has 4 N–H and O–H groups in total. The third-order valence-electron chi connectivity index (χ3n) is 0. The van der Waals surface area contributed by atoms with Gasteiger partial charge < -0.3 is 11.0 Å². The van der Waals surface area contributed by atoms with Crippen molar-refractivity contribution in [2.45, 2.75) is 0 Å². The topological polar surface area (TPSA) is 63.0 Å². The molecule has 0 rings (SSSR count). The molecule has 32 valence electrons. The summed E-state index contributed by atoms with van der Waals surface area (Å²) in [5.74, 6) is 0. The number of halogens is 2. The van der Waals surface area contributed by atoms with Crippen molar-refractivity contribution in [3.63, 3.8) is 0 Å². The van der Waals surface area contributed by atoms with Crippen LogP contribution in [0.25, 0.3) is 0 Å². The SMILES string of the molecule is O.O.[F][Hg][F]. The van der Waals surface area contributed by atoms with Crippen LogP contribution in [0.4, 0.5) is 4.94 Å². The molecule has 0 bridgehead atoms. The molecule has 5 heteroatoms. The second-order valence-electron chi connectivity index (χ2n) is 0.101. The van der Waals surface area contributed by atoms with E-state index in [1.54, 1.807) is 0 Å². The Morgan fingerprint density at radius 3 is 1.00 bits per heavy atom. The van der Waals surface area contributed by atoms with E-state index in [4.69, 9.17) is 0 Å². The summed E-state index contributed by atoms with van der Waals surface area (Å²) in [5.41, 5.74) is 0. The van der Waals surface area contributed by atoms with Crippen molar-refractivity contribution >= 4 is 0 Å². The van der Waals surface area contributed by atoms with Crippen LogP contribution in [-0.2, 0) is 25.8 Å². The molecule has 0 aliphatic heterocycles. The monoisotopic (exact) mass is 276 g/mol. The van der Waals surface area contributed by atoms with Gasteiger partial charge in [0.2, 0.25) is 0 Å². The first-order chi connectivity index (χ1) is 1.41. The second-order valence-corrected chi connectivity index (χ2v) is 0.886. The van der Waals surface area contributed by atoms with Crippen LogP contribution in [0, 0.1) is 0 Å². The molecule has 0 aromatic rings. The molecule has 0 saturated heterocycles. The van der Waals surface area contributed by atoms with Crippen LogP contribution < -0.4 is 0 Å². The molecule has 0 spiro atoms. The normalized spacial score (nSPS) is 2.00. The summed E-state index contributed by atoms with van der Waals surface area (Å²) in [5, 5.41) is 0. The zero-order valence-corrected chi connectivity index (χ0v) is 7.96. The maximum absolute atomic E-state index is 9.85. The van der Waals surface area contributed by atoms with Gasteiger partial charge in [0, 0.05) is 0 Å². The Bertz CT molecular complexity index is 7.61. The zero-order valence-electron chi connectivity index (χ0n) is 2.46. The van der Waals surface area contributed by atoms with E-state index < -0.39 is 25.8 Å². The van der Waals surface area contributed by atoms with Crippen molar-refractivity contribution in [1.29, 1.82) is 0 Å². The predicted octanol–water partition coefficient (Wildman–Crippen LogP) is -0.811. The van der Waals surface area contributed by atoms with Gasteiger partial charge in [0.1, 0.15) is 0 Å². The summed E-state index contributed by atoms with van der Waals surface area (Å²) in [7, 11) is 0. The van der Waals surface area contributed by atoms with Crippen molar-refractivity contribution in [3.8, 4) is 0 Å². The van der Waals surface area contributed by atoms with E-state index in [1.165, 1.54) is 0 Å². The van der Waals surface area contributed by atoms with E-state index in [0.717, 1.165) is 0 Å². The fourth-order valence-electron chi connectivity index (χ4n) is 0. The molecular weight excluding hydrogens is 271 g/mol. The first-order valence-corrected chi connectivity index (χ1v) is 4.69. The minimum atomic E-state index is -3.08. The van der Waals surface area contributed by atoms with E-state index in [1.807, 2.05) is 0 Å². The fraction of sp³-hybridized carbons (Fsp3) is 0. The van der Waals surface area contributed by atoms with Crippen molar-refractivity contribution in [3.05, 3.63) is 0 Å². The van der Waals surface area contributed by atoms with Crippen molar-refractivity contribution in [2.75, 3.05) is 0 Å². The van der Waals surface area contributed by atoms with Crippen LogP contribution in [0.5, 0.6) is 0 Å². The van der Waals surface area contributed by atoms with Gasteiger partial charge in [0.15, 0.2) is 0 Å². The molecule has 0 unspecified atom stereocenters. The van der Waals surface area contributed by atoms with Gasteiger partial charge >= 0.3 is 30.8 Å². The van der Waals surface area contributed by atoms with Crippen LogP contribution in [0.3, 0.4) is 0 Å². The summed E-state index contributed by atoms with van der Waals surface area (Å²) < 4.78 is 19.7. The molecule has 0 atom stereocenters. The molecular formula is H4F2HgO2. The summed E-state index contributed by atoms with van der Waals surface area (Å²) in [6.45, 7) is 0. The zero-order chi connectivity index (χ0) is 2.71. The van der Waals surface area contributed by atoms with E-state index >= 15 is 0 Å². The fourth-order valence-corrected chi connectivity index (χ4v) is 0. The summed E-state index contributed by atoms with van der Waals surface area (Å²) in [6, 6.07) is 0. The molecule has 0 aliphatic carbocycles. The molecule has 0 radical (unpaired) electrons. The van der Waals surface area contributed by atoms with Gasteiger partial charge in [0.25, 0.3) is 0 Å². The summed E-state index contributed by atoms with van der Waals surface area (Å²) in [6.07, 6.45) is 0. The molecule has 0 fully saturated rings. The van der Waals surface area contributed by atoms with Gasteiger partial charge in [-0.2, -0.15) is 0 Å². The molecule has 0 aliphatic rings. The Hall–Kier alpha value is 0.715. The van der Waals surface area contributed by atoms with Gasteiger partial charge in [0.05, 0.1) is 0 Å². The Morgan fingerprint density at radius 1 is 1.00 bits per heavy atom. The standard InChI is InChI=1S/2FH.Hg.2H2O/h2*1H;;2*1H2/q;;+2;;/p-2. The average molecular weight is 275 g/mol. The first kappa shape index (κ1) is 17.2. The van der Waals surface area contributed by atoms with Crippen LogP contribution >= 0.6 is 0 Å². The molecule has 5 heavy (non-hydrogen) atoms. The Balaban J connectivity index is -0.0000000200. The van der Waals surface area contributed by atoms with Crippen molar-refractivity contribution < 1.29 is 41.7 Å². The quantitative estimate of drug-likeness (QED) is 0.519. The molecule has 0 aromatic heterocycles. The van der Waals surface area contributed by atoms with Crippen LogP contribution in [-0.4, -0.2) is 11.0 Å². The average Bonchev–Trinajstić information content (AvgIpc) is 0.918. The van der Waals surface area contributed by atoms with Crippen molar-refractivity contribution in [2.24, 2.45) is 0 Å². The second kappa shape index (κ2) is 22.1. The van der Waals surface area contributed by atoms with Gasteiger partial charge in [-0.1, -0.05) is 0 Å². The van der Waals surface area contributed by atoms with Gasteiger partial charge in [-0.15, -0.1) is 0 Å².